The molecule has 2 aromatic rings. The summed E-state index contributed by atoms with van der Waals surface area (Å²) >= 11 is 5.82. The van der Waals surface area contributed by atoms with Crippen molar-refractivity contribution in [3.63, 3.8) is 0 Å². The summed E-state index contributed by atoms with van der Waals surface area (Å²) in [4.78, 5) is 35.7. The molecule has 2 aromatic carbocycles. The number of carbonyl (C=O) groups excluding carboxylic acids is 2. The fourth-order valence-corrected chi connectivity index (χ4v) is 2.79. The van der Waals surface area contributed by atoms with Crippen molar-refractivity contribution in [3.8, 4) is 0 Å². The Morgan fingerprint density at radius 1 is 1.00 bits per heavy atom. The summed E-state index contributed by atoms with van der Waals surface area (Å²) in [5.41, 5.74) is 0.906. The standard InChI is InChI=1S/C20H20ClFN2O4/c1-12(25)23-17(11-14-4-2-3-5-16(14)22)19(26)24-18(20(27)28)10-13-6-8-15(21)9-7-13/h2-9,17-18H,10-11H2,1H3,(H,23,25)(H,24,26)(H,27,28)/t17-,18-/m0/s1. The lowest BCUT2D eigenvalue weighted by atomic mass is 10.0. The molecule has 0 unspecified atom stereocenters. The molecule has 0 saturated carbocycles. The Bertz CT molecular complexity index is 858. The molecule has 0 fully saturated rings. The molecule has 8 heteroatoms. The van der Waals surface area contributed by atoms with Crippen LogP contribution in [0.5, 0.6) is 0 Å². The van der Waals surface area contributed by atoms with E-state index in [2.05, 4.69) is 10.6 Å². The number of halogens is 2. The Hall–Kier alpha value is -2.93. The van der Waals surface area contributed by atoms with Crippen molar-refractivity contribution in [1.29, 1.82) is 0 Å². The lowest BCUT2D eigenvalue weighted by Gasteiger charge is -2.21. The average molecular weight is 407 g/mol. The van der Waals surface area contributed by atoms with Crippen LogP contribution in [0.15, 0.2) is 48.5 Å². The molecule has 148 valence electrons. The van der Waals surface area contributed by atoms with Crippen LogP contribution in [0.3, 0.4) is 0 Å². The molecule has 0 aliphatic heterocycles. The van der Waals surface area contributed by atoms with Crippen LogP contribution < -0.4 is 10.6 Å². The van der Waals surface area contributed by atoms with Crippen molar-refractivity contribution in [2.75, 3.05) is 0 Å². The van der Waals surface area contributed by atoms with E-state index in [0.29, 0.717) is 10.6 Å². The molecule has 0 aliphatic carbocycles. The van der Waals surface area contributed by atoms with Crippen molar-refractivity contribution in [3.05, 3.63) is 70.5 Å². The normalized spacial score (nSPS) is 12.7. The van der Waals surface area contributed by atoms with Gasteiger partial charge in [-0.1, -0.05) is 41.9 Å². The maximum atomic E-state index is 13.9. The lowest BCUT2D eigenvalue weighted by molar-refractivity contribution is -0.142. The monoisotopic (exact) mass is 406 g/mol. The van der Waals surface area contributed by atoms with Gasteiger partial charge in [-0.25, -0.2) is 9.18 Å². The maximum Gasteiger partial charge on any atom is 0.326 e. The van der Waals surface area contributed by atoms with E-state index in [1.54, 1.807) is 30.3 Å². The fourth-order valence-electron chi connectivity index (χ4n) is 2.67. The summed E-state index contributed by atoms with van der Waals surface area (Å²) in [5.74, 6) is -2.93. The fraction of sp³-hybridized carbons (Fsp3) is 0.250. The predicted octanol–water partition coefficient (Wildman–Crippen LogP) is 2.34. The molecule has 2 amide bonds. The van der Waals surface area contributed by atoms with E-state index in [-0.39, 0.29) is 18.4 Å². The maximum absolute atomic E-state index is 13.9. The summed E-state index contributed by atoms with van der Waals surface area (Å²) in [6, 6.07) is 10.1. The molecule has 0 aromatic heterocycles. The van der Waals surface area contributed by atoms with Crippen LogP contribution >= 0.6 is 11.6 Å². The second-order valence-corrected chi connectivity index (χ2v) is 6.72. The van der Waals surface area contributed by atoms with E-state index in [4.69, 9.17) is 11.6 Å². The number of hydrogen-bond acceptors (Lipinski definition) is 3. The van der Waals surface area contributed by atoms with Gasteiger partial charge in [-0.05, 0) is 29.3 Å². The first-order chi connectivity index (χ1) is 13.3. The van der Waals surface area contributed by atoms with Gasteiger partial charge < -0.3 is 15.7 Å². The summed E-state index contributed by atoms with van der Waals surface area (Å²) < 4.78 is 13.9. The zero-order valence-electron chi connectivity index (χ0n) is 15.1. The van der Waals surface area contributed by atoms with Gasteiger partial charge in [0.1, 0.15) is 17.9 Å². The molecule has 0 heterocycles. The molecule has 0 bridgehead atoms. The van der Waals surface area contributed by atoms with E-state index in [9.17, 15) is 23.9 Å². The average Bonchev–Trinajstić information content (AvgIpc) is 2.63. The van der Waals surface area contributed by atoms with Crippen LogP contribution in [0.2, 0.25) is 5.02 Å². The van der Waals surface area contributed by atoms with Crippen LogP contribution in [0.4, 0.5) is 4.39 Å². The molecule has 6 nitrogen and oxygen atoms in total. The summed E-state index contributed by atoms with van der Waals surface area (Å²) in [6.07, 6.45) is -0.0733. The van der Waals surface area contributed by atoms with Crippen LogP contribution in [0.1, 0.15) is 18.1 Å². The molecular weight excluding hydrogens is 387 g/mol. The van der Waals surface area contributed by atoms with Crippen LogP contribution in [-0.4, -0.2) is 35.0 Å². The summed E-state index contributed by atoms with van der Waals surface area (Å²) in [7, 11) is 0. The third-order valence-corrected chi connectivity index (χ3v) is 4.30. The largest absolute Gasteiger partial charge is 0.480 e. The molecule has 0 aliphatic rings. The Morgan fingerprint density at radius 2 is 1.64 bits per heavy atom. The number of amides is 2. The second-order valence-electron chi connectivity index (χ2n) is 6.28. The first kappa shape index (κ1) is 21.4. The van der Waals surface area contributed by atoms with Gasteiger partial charge in [0.25, 0.3) is 0 Å². The molecule has 3 N–H and O–H groups in total. The van der Waals surface area contributed by atoms with Gasteiger partial charge in [-0.15, -0.1) is 0 Å². The van der Waals surface area contributed by atoms with Crippen molar-refractivity contribution >= 4 is 29.4 Å². The molecule has 2 atom stereocenters. The number of nitrogens with one attached hydrogen (secondary N) is 2. The third-order valence-electron chi connectivity index (χ3n) is 4.04. The highest BCUT2D eigenvalue weighted by molar-refractivity contribution is 6.30. The lowest BCUT2D eigenvalue weighted by Crippen LogP contribution is -2.52. The second kappa shape index (κ2) is 9.85. The molecular formula is C20H20ClFN2O4. The molecule has 2 rings (SSSR count). The zero-order valence-corrected chi connectivity index (χ0v) is 15.9. The number of hydrogen-bond donors (Lipinski definition) is 3. The van der Waals surface area contributed by atoms with Crippen molar-refractivity contribution in [2.24, 2.45) is 0 Å². The molecule has 0 saturated heterocycles. The smallest absolute Gasteiger partial charge is 0.326 e. The zero-order chi connectivity index (χ0) is 20.7. The minimum atomic E-state index is -1.23. The van der Waals surface area contributed by atoms with Crippen LogP contribution in [-0.2, 0) is 27.2 Å². The SMILES string of the molecule is CC(=O)N[C@@H](Cc1ccccc1F)C(=O)N[C@@H](Cc1ccc(Cl)cc1)C(=O)O. The van der Waals surface area contributed by atoms with Crippen molar-refractivity contribution in [1.82, 2.24) is 10.6 Å². The number of rotatable bonds is 8. The topological polar surface area (TPSA) is 95.5 Å². The van der Waals surface area contributed by atoms with Gasteiger partial charge in [-0.2, -0.15) is 0 Å². The highest BCUT2D eigenvalue weighted by atomic mass is 35.5. The molecule has 0 spiro atoms. The Morgan fingerprint density at radius 3 is 2.21 bits per heavy atom. The first-order valence-electron chi connectivity index (χ1n) is 8.54. The quantitative estimate of drug-likeness (QED) is 0.627. The van der Waals surface area contributed by atoms with Crippen LogP contribution in [0.25, 0.3) is 0 Å². The first-order valence-corrected chi connectivity index (χ1v) is 8.92. The minimum Gasteiger partial charge on any atom is -0.480 e. The van der Waals surface area contributed by atoms with Crippen molar-refractivity contribution in [2.45, 2.75) is 31.8 Å². The van der Waals surface area contributed by atoms with Crippen molar-refractivity contribution < 1.29 is 23.9 Å². The minimum absolute atomic E-state index is 0.0325. The van der Waals surface area contributed by atoms with Gasteiger partial charge in [0.05, 0.1) is 0 Å². The Kier molecular flexibility index (Phi) is 7.52. The van der Waals surface area contributed by atoms with Gasteiger partial charge in [0.2, 0.25) is 11.8 Å². The predicted molar refractivity (Wildman–Crippen MR) is 102 cm³/mol. The Balaban J connectivity index is 2.14. The summed E-state index contributed by atoms with van der Waals surface area (Å²) in [6.45, 7) is 1.23. The van der Waals surface area contributed by atoms with Gasteiger partial charge >= 0.3 is 5.97 Å². The van der Waals surface area contributed by atoms with E-state index >= 15 is 0 Å². The highest BCUT2D eigenvalue weighted by Crippen LogP contribution is 2.12. The van der Waals surface area contributed by atoms with Gasteiger partial charge in [0, 0.05) is 24.8 Å². The molecule has 28 heavy (non-hydrogen) atoms. The van der Waals surface area contributed by atoms with E-state index in [1.165, 1.54) is 25.1 Å². The van der Waals surface area contributed by atoms with E-state index < -0.39 is 35.7 Å². The van der Waals surface area contributed by atoms with Gasteiger partial charge in [0.15, 0.2) is 0 Å². The van der Waals surface area contributed by atoms with E-state index in [0.717, 1.165) is 0 Å². The van der Waals surface area contributed by atoms with E-state index in [1.807, 2.05) is 0 Å². The van der Waals surface area contributed by atoms with Gasteiger partial charge in [-0.3, -0.25) is 9.59 Å². The summed E-state index contributed by atoms with van der Waals surface area (Å²) in [5, 5.41) is 14.8. The number of aliphatic carboxylic acids is 1. The highest BCUT2D eigenvalue weighted by Gasteiger charge is 2.27. The van der Waals surface area contributed by atoms with Crippen LogP contribution in [0, 0.1) is 5.82 Å². The number of carboxylic acid groups (broad SMARTS) is 1. The number of carbonyl (C=O) groups is 3. The Labute approximate surface area is 166 Å². The number of carboxylic acids is 1. The molecule has 0 radical (unpaired) electrons. The number of benzene rings is 2. The third kappa shape index (κ3) is 6.35.